The van der Waals surface area contributed by atoms with Gasteiger partial charge in [0.15, 0.2) is 0 Å². The van der Waals surface area contributed by atoms with Crippen LogP contribution >= 0.6 is 0 Å². The second-order valence-corrected chi connectivity index (χ2v) is 6.27. The van der Waals surface area contributed by atoms with Gasteiger partial charge >= 0.3 is 0 Å². The maximum Gasteiger partial charge on any atom is 0.119 e. The van der Waals surface area contributed by atoms with E-state index in [0.717, 1.165) is 39.9 Å². The highest BCUT2D eigenvalue weighted by atomic mass is 16.5. The van der Waals surface area contributed by atoms with Crippen LogP contribution in [0.2, 0.25) is 0 Å². The molecule has 1 aromatic heterocycles. The number of benzene rings is 2. The van der Waals surface area contributed by atoms with Gasteiger partial charge in [-0.25, -0.2) is 0 Å². The Morgan fingerprint density at radius 1 is 1.12 bits per heavy atom. The quantitative estimate of drug-likeness (QED) is 0.682. The predicted octanol–water partition coefficient (Wildman–Crippen LogP) is 4.98. The molecule has 3 heteroatoms. The molecule has 120 valence electrons. The number of rotatable bonds is 4. The summed E-state index contributed by atoms with van der Waals surface area (Å²) in [4.78, 5) is 4.77. The summed E-state index contributed by atoms with van der Waals surface area (Å²) in [5.74, 6) is 1.20. The lowest BCUT2D eigenvalue weighted by molar-refractivity contribution is 0.415. The molecule has 0 fully saturated rings. The summed E-state index contributed by atoms with van der Waals surface area (Å²) in [6.07, 6.45) is 0.782. The summed E-state index contributed by atoms with van der Waals surface area (Å²) < 4.78 is 5.37. The number of methoxy groups -OCH3 is 1. The van der Waals surface area contributed by atoms with Crippen LogP contribution in [-0.2, 0) is 6.42 Å². The first-order chi connectivity index (χ1) is 11.6. The lowest BCUT2D eigenvalue weighted by Crippen LogP contribution is -2.04. The highest BCUT2D eigenvalue weighted by molar-refractivity contribution is 5.98. The Balaban J connectivity index is 2.40. The number of nitriles is 1. The van der Waals surface area contributed by atoms with E-state index in [2.05, 4.69) is 19.9 Å². The molecule has 0 saturated carbocycles. The van der Waals surface area contributed by atoms with Gasteiger partial charge in [0.05, 0.1) is 23.9 Å². The molecular weight excluding hydrogens is 296 g/mol. The fraction of sp³-hybridized carbons (Fsp3) is 0.238. The first kappa shape index (κ1) is 16.0. The lowest BCUT2D eigenvalue weighted by atomic mass is 9.92. The molecule has 2 aromatic carbocycles. The maximum absolute atomic E-state index is 9.84. The van der Waals surface area contributed by atoms with Crippen LogP contribution in [0.5, 0.6) is 5.75 Å². The van der Waals surface area contributed by atoms with Crippen molar-refractivity contribution in [1.29, 1.82) is 5.26 Å². The first-order valence-corrected chi connectivity index (χ1v) is 8.10. The number of pyridine rings is 1. The summed E-state index contributed by atoms with van der Waals surface area (Å²) in [6.45, 7) is 4.28. The van der Waals surface area contributed by atoms with Crippen LogP contribution in [0.1, 0.15) is 25.1 Å². The van der Waals surface area contributed by atoms with E-state index in [4.69, 9.17) is 9.72 Å². The number of fused-ring (bicyclic) bond motifs is 1. The van der Waals surface area contributed by atoms with Gasteiger partial charge in [0, 0.05) is 10.9 Å². The van der Waals surface area contributed by atoms with Gasteiger partial charge in [-0.1, -0.05) is 44.2 Å². The number of hydrogen-bond donors (Lipinski definition) is 0. The van der Waals surface area contributed by atoms with Gasteiger partial charge in [0.2, 0.25) is 0 Å². The molecular formula is C21H20N2O. The largest absolute Gasteiger partial charge is 0.497 e. The Morgan fingerprint density at radius 3 is 2.50 bits per heavy atom. The zero-order valence-corrected chi connectivity index (χ0v) is 14.2. The van der Waals surface area contributed by atoms with E-state index in [1.165, 1.54) is 0 Å². The van der Waals surface area contributed by atoms with Crippen LogP contribution in [0.4, 0.5) is 0 Å². The minimum Gasteiger partial charge on any atom is -0.497 e. The van der Waals surface area contributed by atoms with E-state index >= 15 is 0 Å². The molecule has 24 heavy (non-hydrogen) atoms. The number of hydrogen-bond acceptors (Lipinski definition) is 3. The summed E-state index contributed by atoms with van der Waals surface area (Å²) in [7, 11) is 1.65. The predicted molar refractivity (Wildman–Crippen MR) is 97.0 cm³/mol. The van der Waals surface area contributed by atoms with Gasteiger partial charge < -0.3 is 4.74 Å². The van der Waals surface area contributed by atoms with Crippen LogP contribution in [0.25, 0.3) is 22.0 Å². The Bertz CT molecular complexity index is 909. The smallest absolute Gasteiger partial charge is 0.119 e. The second kappa shape index (κ2) is 6.72. The van der Waals surface area contributed by atoms with Gasteiger partial charge in [0.1, 0.15) is 11.8 Å². The van der Waals surface area contributed by atoms with E-state index in [1.54, 1.807) is 7.11 Å². The molecule has 3 aromatic rings. The van der Waals surface area contributed by atoms with Crippen molar-refractivity contribution in [1.82, 2.24) is 4.98 Å². The molecule has 0 bridgehead atoms. The Morgan fingerprint density at radius 2 is 1.88 bits per heavy atom. The minimum absolute atomic E-state index is 0.434. The molecule has 3 rings (SSSR count). The van der Waals surface area contributed by atoms with Crippen molar-refractivity contribution in [3.63, 3.8) is 0 Å². The van der Waals surface area contributed by atoms with Crippen molar-refractivity contribution >= 4 is 10.9 Å². The summed E-state index contributed by atoms with van der Waals surface area (Å²) in [5, 5.41) is 10.8. The second-order valence-electron chi connectivity index (χ2n) is 6.27. The average molecular weight is 316 g/mol. The van der Waals surface area contributed by atoms with Crippen molar-refractivity contribution in [2.45, 2.75) is 20.3 Å². The van der Waals surface area contributed by atoms with E-state index in [-0.39, 0.29) is 0 Å². The summed E-state index contributed by atoms with van der Waals surface area (Å²) in [6, 6.07) is 18.3. The summed E-state index contributed by atoms with van der Waals surface area (Å²) in [5.41, 5.74) is 4.39. The van der Waals surface area contributed by atoms with Gasteiger partial charge in [0.25, 0.3) is 0 Å². The van der Waals surface area contributed by atoms with E-state index in [1.807, 2.05) is 48.5 Å². The number of aromatic nitrogens is 1. The molecule has 0 radical (unpaired) electrons. The highest BCUT2D eigenvalue weighted by Crippen LogP contribution is 2.35. The molecule has 0 aliphatic rings. The first-order valence-electron chi connectivity index (χ1n) is 8.10. The monoisotopic (exact) mass is 316 g/mol. The highest BCUT2D eigenvalue weighted by Gasteiger charge is 2.17. The zero-order chi connectivity index (χ0) is 17.1. The van der Waals surface area contributed by atoms with Crippen LogP contribution in [0, 0.1) is 17.2 Å². The Labute approximate surface area is 142 Å². The third-order valence-corrected chi connectivity index (χ3v) is 4.04. The van der Waals surface area contributed by atoms with Crippen molar-refractivity contribution in [3.05, 3.63) is 59.8 Å². The van der Waals surface area contributed by atoms with Gasteiger partial charge in [-0.05, 0) is 36.1 Å². The summed E-state index contributed by atoms with van der Waals surface area (Å²) >= 11 is 0. The topological polar surface area (TPSA) is 45.9 Å². The normalized spacial score (nSPS) is 10.8. The van der Waals surface area contributed by atoms with Gasteiger partial charge in [-0.15, -0.1) is 0 Å². The molecule has 1 heterocycles. The minimum atomic E-state index is 0.434. The Hall–Kier alpha value is -2.86. The average Bonchev–Trinajstić information content (AvgIpc) is 2.60. The van der Waals surface area contributed by atoms with Crippen LogP contribution in [0.15, 0.2) is 48.5 Å². The van der Waals surface area contributed by atoms with Crippen molar-refractivity contribution in [2.24, 2.45) is 5.92 Å². The van der Waals surface area contributed by atoms with Crippen LogP contribution < -0.4 is 4.74 Å². The third kappa shape index (κ3) is 2.96. The van der Waals surface area contributed by atoms with Gasteiger partial charge in [-0.3, -0.25) is 4.98 Å². The molecule has 0 spiro atoms. The van der Waals surface area contributed by atoms with Crippen LogP contribution in [-0.4, -0.2) is 12.1 Å². The van der Waals surface area contributed by atoms with E-state index in [0.29, 0.717) is 11.5 Å². The molecule has 0 saturated heterocycles. The van der Waals surface area contributed by atoms with Crippen LogP contribution in [0.3, 0.4) is 0 Å². The molecule has 0 aliphatic heterocycles. The van der Waals surface area contributed by atoms with Gasteiger partial charge in [-0.2, -0.15) is 5.26 Å². The number of nitrogens with zero attached hydrogens (tertiary/aromatic N) is 2. The fourth-order valence-corrected chi connectivity index (χ4v) is 2.98. The molecule has 0 N–H and O–H groups in total. The number of ether oxygens (including phenoxy) is 1. The van der Waals surface area contributed by atoms with E-state index in [9.17, 15) is 5.26 Å². The third-order valence-electron chi connectivity index (χ3n) is 4.04. The standard InChI is InChI=1S/C21H20N2O/c1-14(2)11-20-18(13-22)21(15-7-5-4-6-8-15)17-12-16(24-3)9-10-19(17)23-20/h4-10,12,14H,11H2,1-3H3. The SMILES string of the molecule is COc1ccc2nc(CC(C)C)c(C#N)c(-c3ccccc3)c2c1. The van der Waals surface area contributed by atoms with Crippen molar-refractivity contribution in [2.75, 3.05) is 7.11 Å². The van der Waals surface area contributed by atoms with E-state index < -0.39 is 0 Å². The maximum atomic E-state index is 9.84. The molecule has 3 nitrogen and oxygen atoms in total. The Kier molecular flexibility index (Phi) is 4.48. The molecule has 0 atom stereocenters. The zero-order valence-electron chi connectivity index (χ0n) is 14.2. The fourth-order valence-electron chi connectivity index (χ4n) is 2.98. The molecule has 0 amide bonds. The van der Waals surface area contributed by atoms with Crippen molar-refractivity contribution in [3.8, 4) is 22.9 Å². The van der Waals surface area contributed by atoms with Crippen molar-refractivity contribution < 1.29 is 4.74 Å². The molecule has 0 unspecified atom stereocenters. The molecule has 0 aliphatic carbocycles. The lowest BCUT2D eigenvalue weighted by Gasteiger charge is -2.15.